The van der Waals surface area contributed by atoms with Crippen molar-refractivity contribution in [2.45, 2.75) is 84.7 Å². The smallest absolute Gasteiger partial charge is 0.184 e. The third-order valence-corrected chi connectivity index (χ3v) is 9.63. The zero-order valence-electron chi connectivity index (χ0n) is 18.7. The first kappa shape index (κ1) is 23.0. The normalized spacial score (nSPS) is 46.5. The maximum Gasteiger partial charge on any atom is 0.184 e. The Morgan fingerprint density at radius 2 is 1.79 bits per heavy atom. The van der Waals surface area contributed by atoms with Crippen LogP contribution in [0.15, 0.2) is 5.10 Å². The number of hydrogen-bond acceptors (Lipinski definition) is 4. The Balaban J connectivity index is 0.00000117. The molecule has 4 fully saturated rings. The van der Waals surface area contributed by atoms with Crippen LogP contribution in [0.25, 0.3) is 0 Å². The van der Waals surface area contributed by atoms with Crippen LogP contribution in [0.1, 0.15) is 78.6 Å². The molecule has 0 aromatic heterocycles. The molecule has 0 radical (unpaired) electrons. The van der Waals surface area contributed by atoms with Gasteiger partial charge in [-0.2, -0.15) is 5.10 Å². The Bertz CT molecular complexity index is 642. The second kappa shape index (κ2) is 8.80. The summed E-state index contributed by atoms with van der Waals surface area (Å²) in [4.78, 5) is 0. The van der Waals surface area contributed by atoms with E-state index in [0.717, 1.165) is 37.5 Å². The van der Waals surface area contributed by atoms with Gasteiger partial charge in [-0.15, -0.1) is 0 Å². The highest BCUT2D eigenvalue weighted by atomic mass is 32.1. The van der Waals surface area contributed by atoms with E-state index in [9.17, 15) is 5.11 Å². The molecule has 0 amide bonds. The van der Waals surface area contributed by atoms with E-state index in [4.69, 9.17) is 23.1 Å². The molecule has 4 aliphatic rings. The van der Waals surface area contributed by atoms with Crippen molar-refractivity contribution in [1.82, 2.24) is 5.43 Å². The SMILES string of the molecule is C/C(=N/NC(N)=S)C1CCC2C3CCC4CCCCC4(C)C3CC(O)C12C.CO. The van der Waals surface area contributed by atoms with Gasteiger partial charge in [0.25, 0.3) is 0 Å². The number of hydrazone groups is 1. The Kier molecular flexibility index (Phi) is 6.96. The molecule has 29 heavy (non-hydrogen) atoms. The molecule has 0 aromatic rings. The zero-order valence-corrected chi connectivity index (χ0v) is 19.5. The molecule has 4 aliphatic carbocycles. The number of thiocarbonyl (C=S) groups is 1. The summed E-state index contributed by atoms with van der Waals surface area (Å²) in [6.45, 7) is 6.97. The molecule has 6 heteroatoms. The van der Waals surface area contributed by atoms with E-state index in [2.05, 4.69) is 31.3 Å². The third-order valence-electron chi connectivity index (χ3n) is 9.54. The minimum atomic E-state index is -0.233. The number of nitrogens with one attached hydrogen (secondary N) is 1. The number of rotatable bonds is 2. The number of aliphatic hydroxyl groups is 2. The van der Waals surface area contributed by atoms with E-state index < -0.39 is 0 Å². The lowest BCUT2D eigenvalue weighted by Gasteiger charge is -2.61. The van der Waals surface area contributed by atoms with E-state index in [1.54, 1.807) is 0 Å². The van der Waals surface area contributed by atoms with Crippen molar-refractivity contribution < 1.29 is 10.2 Å². The average Bonchev–Trinajstić information content (AvgIpc) is 3.07. The van der Waals surface area contributed by atoms with Crippen molar-refractivity contribution >= 4 is 23.0 Å². The summed E-state index contributed by atoms with van der Waals surface area (Å²) >= 11 is 4.91. The van der Waals surface area contributed by atoms with Crippen molar-refractivity contribution in [1.29, 1.82) is 0 Å². The van der Waals surface area contributed by atoms with Gasteiger partial charge in [-0.1, -0.05) is 26.7 Å². The molecule has 8 unspecified atom stereocenters. The van der Waals surface area contributed by atoms with Crippen LogP contribution in [-0.2, 0) is 0 Å². The highest BCUT2D eigenvalue weighted by Crippen LogP contribution is 2.67. The van der Waals surface area contributed by atoms with Crippen LogP contribution in [0.3, 0.4) is 0 Å². The van der Waals surface area contributed by atoms with E-state index in [0.29, 0.717) is 23.2 Å². The molecule has 0 saturated heterocycles. The molecule has 0 aromatic carbocycles. The Morgan fingerprint density at radius 3 is 2.48 bits per heavy atom. The number of hydrogen-bond donors (Lipinski definition) is 4. The Morgan fingerprint density at radius 1 is 1.07 bits per heavy atom. The number of nitrogens with zero attached hydrogens (tertiary/aromatic N) is 1. The molecule has 0 spiro atoms. The van der Waals surface area contributed by atoms with E-state index >= 15 is 0 Å². The van der Waals surface area contributed by atoms with Crippen LogP contribution in [0, 0.1) is 40.4 Å². The summed E-state index contributed by atoms with van der Waals surface area (Å²) in [5.74, 6) is 3.30. The van der Waals surface area contributed by atoms with Gasteiger partial charge in [0.1, 0.15) is 0 Å². The fraction of sp³-hybridized carbons (Fsp3) is 0.913. The van der Waals surface area contributed by atoms with Gasteiger partial charge in [-0.25, -0.2) is 0 Å². The standard InChI is InChI=1S/C22H37N3OS.CH4O/c1-13(24-25-20(23)27)16-9-10-17-15-8-7-14-6-4-5-11-21(14,2)18(15)12-19(26)22(16,17)3;1-2/h14-19,26H,4-12H2,1-3H3,(H3,23,25,27);2H,1H3/b24-13-;. The van der Waals surface area contributed by atoms with Crippen molar-refractivity contribution in [3.63, 3.8) is 0 Å². The minimum Gasteiger partial charge on any atom is -0.400 e. The number of fused-ring (bicyclic) bond motifs is 5. The number of nitrogens with two attached hydrogens (primary N) is 1. The first-order chi connectivity index (χ1) is 13.8. The van der Waals surface area contributed by atoms with Gasteiger partial charge in [0, 0.05) is 24.2 Å². The fourth-order valence-corrected chi connectivity index (χ4v) is 8.20. The van der Waals surface area contributed by atoms with Gasteiger partial charge in [0.15, 0.2) is 5.11 Å². The highest BCUT2D eigenvalue weighted by Gasteiger charge is 2.63. The minimum absolute atomic E-state index is 0.0650. The quantitative estimate of drug-likeness (QED) is 0.308. The van der Waals surface area contributed by atoms with Crippen molar-refractivity contribution in [3.8, 4) is 0 Å². The molecule has 5 nitrogen and oxygen atoms in total. The summed E-state index contributed by atoms with van der Waals surface area (Å²) in [6, 6.07) is 0. The van der Waals surface area contributed by atoms with Crippen LogP contribution >= 0.6 is 12.2 Å². The fourth-order valence-electron chi connectivity index (χ4n) is 8.16. The summed E-state index contributed by atoms with van der Waals surface area (Å²) in [5.41, 5.74) is 9.76. The van der Waals surface area contributed by atoms with Gasteiger partial charge < -0.3 is 15.9 Å². The highest BCUT2D eigenvalue weighted by molar-refractivity contribution is 7.80. The summed E-state index contributed by atoms with van der Waals surface area (Å²) in [5, 5.41) is 23.1. The van der Waals surface area contributed by atoms with Crippen LogP contribution in [0.5, 0.6) is 0 Å². The maximum atomic E-state index is 11.5. The average molecular weight is 424 g/mol. The second-order valence-corrected chi connectivity index (χ2v) is 10.8. The van der Waals surface area contributed by atoms with Gasteiger partial charge in [-0.3, -0.25) is 5.43 Å². The first-order valence-electron chi connectivity index (χ1n) is 11.5. The van der Waals surface area contributed by atoms with Gasteiger partial charge >= 0.3 is 0 Å². The van der Waals surface area contributed by atoms with Crippen LogP contribution < -0.4 is 11.2 Å². The van der Waals surface area contributed by atoms with Crippen LogP contribution in [0.2, 0.25) is 0 Å². The lowest BCUT2D eigenvalue weighted by molar-refractivity contribution is -0.157. The molecule has 8 atom stereocenters. The van der Waals surface area contributed by atoms with Gasteiger partial charge in [-0.05, 0) is 93.2 Å². The molecule has 0 bridgehead atoms. The van der Waals surface area contributed by atoms with E-state index in [1.807, 2.05) is 0 Å². The van der Waals surface area contributed by atoms with Gasteiger partial charge in [0.05, 0.1) is 6.10 Å². The van der Waals surface area contributed by atoms with Crippen molar-refractivity contribution in [3.05, 3.63) is 0 Å². The molecule has 0 heterocycles. The lowest BCUT2D eigenvalue weighted by Crippen LogP contribution is -2.58. The molecular formula is C23H41N3O2S. The van der Waals surface area contributed by atoms with E-state index in [-0.39, 0.29) is 16.6 Å². The zero-order chi connectivity index (χ0) is 21.4. The topological polar surface area (TPSA) is 90.9 Å². The molecular weight excluding hydrogens is 382 g/mol. The molecule has 166 valence electrons. The summed E-state index contributed by atoms with van der Waals surface area (Å²) in [7, 11) is 1.00. The monoisotopic (exact) mass is 423 g/mol. The summed E-state index contributed by atoms with van der Waals surface area (Å²) in [6.07, 6.45) is 11.4. The molecule has 0 aliphatic heterocycles. The largest absolute Gasteiger partial charge is 0.400 e. The second-order valence-electron chi connectivity index (χ2n) is 10.4. The van der Waals surface area contributed by atoms with Crippen molar-refractivity contribution in [2.24, 2.45) is 51.3 Å². The maximum absolute atomic E-state index is 11.5. The van der Waals surface area contributed by atoms with Crippen LogP contribution in [0.4, 0.5) is 0 Å². The van der Waals surface area contributed by atoms with Gasteiger partial charge in [0.2, 0.25) is 0 Å². The Labute approximate surface area is 181 Å². The predicted octanol–water partition coefficient (Wildman–Crippen LogP) is 3.82. The van der Waals surface area contributed by atoms with Crippen LogP contribution in [-0.4, -0.2) is 34.3 Å². The third kappa shape index (κ3) is 3.74. The molecule has 4 rings (SSSR count). The number of aliphatic hydroxyl groups excluding tert-OH is 2. The lowest BCUT2D eigenvalue weighted by atomic mass is 9.44. The molecule has 4 saturated carbocycles. The molecule has 5 N–H and O–H groups in total. The van der Waals surface area contributed by atoms with Crippen molar-refractivity contribution in [2.75, 3.05) is 7.11 Å². The predicted molar refractivity (Wildman–Crippen MR) is 122 cm³/mol. The first-order valence-corrected chi connectivity index (χ1v) is 11.9. The van der Waals surface area contributed by atoms with E-state index in [1.165, 1.54) is 44.9 Å². The Hall–Kier alpha value is -0.720. The summed E-state index contributed by atoms with van der Waals surface area (Å²) < 4.78 is 0.